The van der Waals surface area contributed by atoms with Crippen LogP contribution in [0.2, 0.25) is 0 Å². The molecular formula is C8H17ClN2. The molecule has 0 aromatic rings. The number of hydrogen-bond donors (Lipinski definition) is 1. The molecule has 2 atom stereocenters. The highest BCUT2D eigenvalue weighted by Crippen LogP contribution is 2.24. The van der Waals surface area contributed by atoms with Crippen molar-refractivity contribution in [2.24, 2.45) is 0 Å². The Balaban J connectivity index is 0.000000605. The summed E-state index contributed by atoms with van der Waals surface area (Å²) in [6, 6.07) is 2.41. The van der Waals surface area contributed by atoms with Crippen LogP contribution >= 0.6 is 12.4 Å². The fraction of sp³-hybridized carbons (Fsp3) is 1.00. The maximum absolute atomic E-state index is 3.50. The molecule has 0 aromatic carbocycles. The predicted molar refractivity (Wildman–Crippen MR) is 49.3 cm³/mol. The quantitative estimate of drug-likeness (QED) is 0.638. The number of nitrogens with one attached hydrogen (secondary N) is 1. The van der Waals surface area contributed by atoms with Crippen LogP contribution in [0.4, 0.5) is 0 Å². The van der Waals surface area contributed by atoms with Crippen molar-refractivity contribution in [3.8, 4) is 0 Å². The minimum atomic E-state index is 0. The molecule has 0 aliphatic carbocycles. The highest BCUT2D eigenvalue weighted by atomic mass is 35.5. The molecule has 0 aromatic heterocycles. The van der Waals surface area contributed by atoms with E-state index in [0.717, 1.165) is 18.1 Å². The zero-order chi connectivity index (χ0) is 7.14. The van der Waals surface area contributed by atoms with E-state index in [2.05, 4.69) is 24.1 Å². The van der Waals surface area contributed by atoms with Gasteiger partial charge in [-0.05, 0) is 20.3 Å². The molecule has 0 radical (unpaired) electrons. The molecule has 2 heterocycles. The smallest absolute Gasteiger partial charge is 0.0239 e. The minimum Gasteiger partial charge on any atom is -0.311 e. The van der Waals surface area contributed by atoms with Crippen LogP contribution in [0.15, 0.2) is 0 Å². The van der Waals surface area contributed by atoms with Gasteiger partial charge in [0, 0.05) is 31.2 Å². The second-order valence-electron chi connectivity index (χ2n) is 3.79. The molecule has 0 saturated carbocycles. The van der Waals surface area contributed by atoms with E-state index < -0.39 is 0 Å². The molecule has 11 heavy (non-hydrogen) atoms. The lowest BCUT2D eigenvalue weighted by Crippen LogP contribution is -2.46. The first-order valence-corrected chi connectivity index (χ1v) is 4.26. The molecule has 2 aliphatic rings. The molecule has 66 valence electrons. The van der Waals surface area contributed by atoms with Gasteiger partial charge in [0.15, 0.2) is 0 Å². The SMILES string of the molecule is CC(C)N1CC2C[C@H]1CN2.Cl. The monoisotopic (exact) mass is 176 g/mol. The molecule has 0 spiro atoms. The summed E-state index contributed by atoms with van der Waals surface area (Å²) in [6.07, 6.45) is 1.39. The third kappa shape index (κ3) is 1.53. The molecule has 1 N–H and O–H groups in total. The van der Waals surface area contributed by atoms with Crippen molar-refractivity contribution in [3.05, 3.63) is 0 Å². The average Bonchev–Trinajstić information content (AvgIpc) is 2.44. The number of halogens is 1. The van der Waals surface area contributed by atoms with E-state index in [4.69, 9.17) is 0 Å². The van der Waals surface area contributed by atoms with Crippen molar-refractivity contribution in [1.29, 1.82) is 0 Å². The number of rotatable bonds is 1. The second kappa shape index (κ2) is 3.30. The summed E-state index contributed by atoms with van der Waals surface area (Å²) in [5, 5.41) is 3.50. The zero-order valence-electron chi connectivity index (χ0n) is 7.21. The Hall–Kier alpha value is 0.210. The molecular weight excluding hydrogens is 160 g/mol. The van der Waals surface area contributed by atoms with E-state index in [9.17, 15) is 0 Å². The summed E-state index contributed by atoms with van der Waals surface area (Å²) >= 11 is 0. The summed E-state index contributed by atoms with van der Waals surface area (Å²) in [4.78, 5) is 2.61. The maximum Gasteiger partial charge on any atom is 0.0239 e. The molecule has 2 rings (SSSR count). The van der Waals surface area contributed by atoms with Gasteiger partial charge in [-0.15, -0.1) is 12.4 Å². The van der Waals surface area contributed by atoms with Gasteiger partial charge in [-0.25, -0.2) is 0 Å². The summed E-state index contributed by atoms with van der Waals surface area (Å²) in [5.74, 6) is 0. The van der Waals surface area contributed by atoms with Crippen molar-refractivity contribution in [3.63, 3.8) is 0 Å². The third-order valence-electron chi connectivity index (χ3n) is 2.76. The van der Waals surface area contributed by atoms with Crippen LogP contribution in [0.5, 0.6) is 0 Å². The lowest BCUT2D eigenvalue weighted by atomic mass is 10.2. The summed E-state index contributed by atoms with van der Waals surface area (Å²) in [6.45, 7) is 7.09. The summed E-state index contributed by atoms with van der Waals surface area (Å²) < 4.78 is 0. The first kappa shape index (κ1) is 9.30. The largest absolute Gasteiger partial charge is 0.311 e. The lowest BCUT2D eigenvalue weighted by molar-refractivity contribution is 0.181. The van der Waals surface area contributed by atoms with Crippen molar-refractivity contribution in [2.75, 3.05) is 13.1 Å². The maximum atomic E-state index is 3.50. The van der Waals surface area contributed by atoms with Crippen LogP contribution in [-0.4, -0.2) is 36.1 Å². The number of hydrogen-bond acceptors (Lipinski definition) is 2. The molecule has 1 unspecified atom stereocenters. The van der Waals surface area contributed by atoms with Gasteiger partial charge in [0.25, 0.3) is 0 Å². The normalized spacial score (nSPS) is 36.3. The summed E-state index contributed by atoms with van der Waals surface area (Å²) in [7, 11) is 0. The fourth-order valence-corrected chi connectivity index (χ4v) is 2.23. The van der Waals surface area contributed by atoms with E-state index in [1.165, 1.54) is 19.5 Å². The molecule has 2 bridgehead atoms. The number of likely N-dealkylation sites (tertiary alicyclic amines) is 1. The Bertz CT molecular complexity index is 138. The van der Waals surface area contributed by atoms with Crippen LogP contribution in [0.1, 0.15) is 20.3 Å². The van der Waals surface area contributed by atoms with Crippen LogP contribution in [-0.2, 0) is 0 Å². The molecule has 2 nitrogen and oxygen atoms in total. The van der Waals surface area contributed by atoms with E-state index in [1.807, 2.05) is 0 Å². The van der Waals surface area contributed by atoms with Gasteiger partial charge in [0.2, 0.25) is 0 Å². The van der Waals surface area contributed by atoms with Crippen molar-refractivity contribution >= 4 is 12.4 Å². The molecule has 2 saturated heterocycles. The van der Waals surface area contributed by atoms with Gasteiger partial charge in [-0.2, -0.15) is 0 Å². The summed E-state index contributed by atoms with van der Waals surface area (Å²) in [5.41, 5.74) is 0. The fourth-order valence-electron chi connectivity index (χ4n) is 2.23. The molecule has 2 fully saturated rings. The Kier molecular flexibility index (Phi) is 2.79. The Morgan fingerprint density at radius 1 is 1.45 bits per heavy atom. The van der Waals surface area contributed by atoms with Crippen LogP contribution in [0.25, 0.3) is 0 Å². The van der Waals surface area contributed by atoms with E-state index in [1.54, 1.807) is 0 Å². The van der Waals surface area contributed by atoms with Crippen LogP contribution in [0, 0.1) is 0 Å². The Morgan fingerprint density at radius 2 is 2.18 bits per heavy atom. The number of fused-ring (bicyclic) bond motifs is 2. The molecule has 0 amide bonds. The van der Waals surface area contributed by atoms with Crippen molar-refractivity contribution in [1.82, 2.24) is 10.2 Å². The molecule has 3 heteroatoms. The van der Waals surface area contributed by atoms with Crippen LogP contribution in [0.3, 0.4) is 0 Å². The standard InChI is InChI=1S/C8H16N2.ClH/c1-6(2)10-5-7-3-8(10)4-9-7;/h6-9H,3-5H2,1-2H3;1H/t7?,8-;/m0./s1. The van der Waals surface area contributed by atoms with Gasteiger partial charge >= 0.3 is 0 Å². The van der Waals surface area contributed by atoms with Gasteiger partial charge < -0.3 is 5.32 Å². The van der Waals surface area contributed by atoms with Gasteiger partial charge in [0.05, 0.1) is 0 Å². The number of piperazine rings is 1. The van der Waals surface area contributed by atoms with E-state index in [0.29, 0.717) is 0 Å². The highest BCUT2D eigenvalue weighted by molar-refractivity contribution is 5.85. The van der Waals surface area contributed by atoms with Crippen molar-refractivity contribution < 1.29 is 0 Å². The van der Waals surface area contributed by atoms with Crippen LogP contribution < -0.4 is 5.32 Å². The van der Waals surface area contributed by atoms with Crippen molar-refractivity contribution in [2.45, 2.75) is 38.4 Å². The van der Waals surface area contributed by atoms with E-state index in [-0.39, 0.29) is 12.4 Å². The van der Waals surface area contributed by atoms with Gasteiger partial charge in [-0.1, -0.05) is 0 Å². The lowest BCUT2D eigenvalue weighted by Gasteiger charge is -2.30. The zero-order valence-corrected chi connectivity index (χ0v) is 8.03. The van der Waals surface area contributed by atoms with E-state index >= 15 is 0 Å². The second-order valence-corrected chi connectivity index (χ2v) is 3.79. The third-order valence-corrected chi connectivity index (χ3v) is 2.76. The van der Waals surface area contributed by atoms with Gasteiger partial charge in [-0.3, -0.25) is 4.90 Å². The highest BCUT2D eigenvalue weighted by Gasteiger charge is 2.38. The first-order chi connectivity index (χ1) is 4.77. The topological polar surface area (TPSA) is 15.3 Å². The Morgan fingerprint density at radius 3 is 2.45 bits per heavy atom. The Labute approximate surface area is 74.7 Å². The van der Waals surface area contributed by atoms with Gasteiger partial charge in [0.1, 0.15) is 0 Å². The molecule has 2 aliphatic heterocycles. The minimum absolute atomic E-state index is 0. The first-order valence-electron chi connectivity index (χ1n) is 4.26. The average molecular weight is 177 g/mol. The number of nitrogens with zero attached hydrogens (tertiary/aromatic N) is 1. The predicted octanol–water partition coefficient (Wildman–Crippen LogP) is 0.863.